The van der Waals surface area contributed by atoms with E-state index in [0.717, 1.165) is 57.0 Å². The molecule has 1 unspecified atom stereocenters. The summed E-state index contributed by atoms with van der Waals surface area (Å²) in [5, 5.41) is 11.9. The van der Waals surface area contributed by atoms with Gasteiger partial charge in [0.05, 0.1) is 34.1 Å². The van der Waals surface area contributed by atoms with E-state index in [2.05, 4.69) is 55.8 Å². The van der Waals surface area contributed by atoms with Gasteiger partial charge in [0.2, 0.25) is 11.8 Å². The van der Waals surface area contributed by atoms with Crippen LogP contribution in [-0.4, -0.2) is 88.4 Å². The Kier molecular flexibility index (Phi) is 11.4. The average Bonchev–Trinajstić information content (AvgIpc) is 3.83. The van der Waals surface area contributed by atoms with Gasteiger partial charge >= 0.3 is 0 Å². The van der Waals surface area contributed by atoms with Crippen LogP contribution in [0.2, 0.25) is 5.02 Å². The van der Waals surface area contributed by atoms with E-state index >= 15 is 4.39 Å². The van der Waals surface area contributed by atoms with Gasteiger partial charge in [0.15, 0.2) is 11.6 Å². The topological polar surface area (TPSA) is 153 Å². The van der Waals surface area contributed by atoms with Gasteiger partial charge in [-0.05, 0) is 94.3 Å². The normalized spacial score (nSPS) is 26.3. The van der Waals surface area contributed by atoms with Gasteiger partial charge < -0.3 is 14.5 Å². The molecule has 5 heterocycles. The average molecular weight is 901 g/mol. The second-order valence-corrected chi connectivity index (χ2v) is 20.9. The number of likely N-dealkylation sites (tertiary alicyclic amines) is 1. The van der Waals surface area contributed by atoms with E-state index in [1.807, 2.05) is 21.9 Å². The van der Waals surface area contributed by atoms with Crippen LogP contribution in [0.4, 0.5) is 10.1 Å². The number of carbonyl (C=O) groups excluding carboxylic acids is 5. The first-order valence-corrected chi connectivity index (χ1v) is 23.1. The predicted molar refractivity (Wildman–Crippen MR) is 241 cm³/mol. The van der Waals surface area contributed by atoms with Crippen molar-refractivity contribution in [3.8, 4) is 23.7 Å². The molecule has 5 fully saturated rings. The van der Waals surface area contributed by atoms with Crippen molar-refractivity contribution in [3.63, 3.8) is 0 Å². The summed E-state index contributed by atoms with van der Waals surface area (Å²) in [4.78, 5) is 75.0. The minimum Gasteiger partial charge on any atom is -0.489 e. The van der Waals surface area contributed by atoms with Crippen LogP contribution < -0.4 is 15.0 Å². The molecule has 1 atom stereocenters. The van der Waals surface area contributed by atoms with Gasteiger partial charge in [-0.15, -0.1) is 0 Å². The summed E-state index contributed by atoms with van der Waals surface area (Å²) >= 11 is 6.30. The number of imide groups is 1. The van der Waals surface area contributed by atoms with Crippen LogP contribution in [-0.2, 0) is 16.1 Å². The van der Waals surface area contributed by atoms with Gasteiger partial charge in [-0.2, -0.15) is 5.26 Å². The largest absolute Gasteiger partial charge is 0.489 e. The van der Waals surface area contributed by atoms with Crippen molar-refractivity contribution in [1.29, 1.82) is 5.26 Å². The molecule has 0 radical (unpaired) electrons. The van der Waals surface area contributed by atoms with E-state index in [9.17, 15) is 29.2 Å². The third kappa shape index (κ3) is 8.09. The molecule has 2 aromatic carbocycles. The number of halogens is 2. The number of hydrogen-bond acceptors (Lipinski definition) is 10. The number of carbonyl (C=O) groups is 5. The van der Waals surface area contributed by atoms with Crippen LogP contribution >= 0.6 is 11.6 Å². The monoisotopic (exact) mass is 900 g/mol. The molecule has 1 spiro atoms. The van der Waals surface area contributed by atoms with Gasteiger partial charge in [-0.25, -0.2) is 9.37 Å². The Morgan fingerprint density at radius 3 is 2.38 bits per heavy atom. The number of nitrogens with one attached hydrogen (secondary N) is 1. The molecule has 65 heavy (non-hydrogen) atoms. The molecule has 3 aromatic rings. The fourth-order valence-electron chi connectivity index (χ4n) is 12.3. The molecule has 338 valence electrons. The highest BCUT2D eigenvalue weighted by atomic mass is 35.5. The van der Waals surface area contributed by atoms with Crippen LogP contribution in [0.25, 0.3) is 0 Å². The molecule has 4 aliphatic heterocycles. The molecule has 12 nitrogen and oxygen atoms in total. The van der Waals surface area contributed by atoms with Crippen molar-refractivity contribution in [2.24, 2.45) is 28.1 Å². The van der Waals surface area contributed by atoms with Crippen molar-refractivity contribution >= 4 is 46.6 Å². The molecule has 14 heteroatoms. The zero-order chi connectivity index (χ0) is 46.2. The van der Waals surface area contributed by atoms with Gasteiger partial charge in [0.25, 0.3) is 5.91 Å². The highest BCUT2D eigenvalue weighted by molar-refractivity contribution is 6.31. The molecule has 2 saturated carbocycles. The number of anilines is 1. The molecule has 0 bridgehead atoms. The van der Waals surface area contributed by atoms with Crippen LogP contribution in [0, 0.1) is 57.1 Å². The van der Waals surface area contributed by atoms with Crippen LogP contribution in [0.5, 0.6) is 5.75 Å². The minimum absolute atomic E-state index is 0.0225. The molecule has 3 amide bonds. The second-order valence-electron chi connectivity index (χ2n) is 20.5. The Bertz CT molecular complexity index is 2620. The Morgan fingerprint density at radius 2 is 1.71 bits per heavy atom. The molecule has 2 aliphatic carbocycles. The number of nitrogens with zero attached hydrogens (tertiary/aromatic N) is 5. The lowest BCUT2D eigenvalue weighted by Gasteiger charge is -2.65. The second kappa shape index (κ2) is 16.7. The number of ketones is 2. The Balaban J connectivity index is 0.769. The molecule has 6 aliphatic rings. The third-order valence-electron chi connectivity index (χ3n) is 15.2. The summed E-state index contributed by atoms with van der Waals surface area (Å²) in [6.07, 6.45) is 5.06. The fraction of sp³-hybridized carbons (Fsp3) is 0.510. The number of fused-ring (bicyclic) bond motifs is 1. The van der Waals surface area contributed by atoms with Crippen molar-refractivity contribution in [2.75, 3.05) is 31.1 Å². The predicted octanol–water partition coefficient (Wildman–Crippen LogP) is 7.53. The number of amides is 3. The summed E-state index contributed by atoms with van der Waals surface area (Å²) in [5.41, 5.74) is 2.14. The molecular formula is C51H54ClFN6O6. The lowest BCUT2D eigenvalue weighted by molar-refractivity contribution is -0.199. The first-order chi connectivity index (χ1) is 30.9. The van der Waals surface area contributed by atoms with E-state index in [0.29, 0.717) is 59.0 Å². The maximum absolute atomic E-state index is 15.7. The Labute approximate surface area is 384 Å². The first kappa shape index (κ1) is 44.6. The maximum Gasteiger partial charge on any atom is 0.256 e. The summed E-state index contributed by atoms with van der Waals surface area (Å²) < 4.78 is 22.2. The molecule has 1 aromatic heterocycles. The number of nitriles is 1. The Hall–Kier alpha value is -5.63. The molecule has 9 rings (SSSR count). The highest BCUT2D eigenvalue weighted by Crippen LogP contribution is 2.59. The number of piperidine rings is 1. The fourth-order valence-corrected chi connectivity index (χ4v) is 12.5. The lowest BCUT2D eigenvalue weighted by Crippen LogP contribution is -2.74. The van der Waals surface area contributed by atoms with Crippen molar-refractivity contribution in [2.45, 2.75) is 111 Å². The SMILES string of the molecule is CC(=O)c1cc(N2CC3(CCN(C4CCC(C#Cc5ccc6c(n5)CN(C5C(C)(C)C(Oc7ccc(C#N)c(Cl)c7)C5(C)C)C6=O)CC4)C3)C2)c(F)cc1C(=O)CC1CCC(=O)NC1=O. The van der Waals surface area contributed by atoms with Gasteiger partial charge in [0, 0.05) is 89.8 Å². The van der Waals surface area contributed by atoms with E-state index in [-0.39, 0.29) is 82.3 Å². The quantitative estimate of drug-likeness (QED) is 0.130. The molecular weight excluding hydrogens is 847 g/mol. The van der Waals surface area contributed by atoms with Crippen LogP contribution in [0.15, 0.2) is 42.5 Å². The molecule has 3 saturated heterocycles. The zero-order valence-electron chi connectivity index (χ0n) is 37.6. The minimum atomic E-state index is -0.693. The van der Waals surface area contributed by atoms with Crippen molar-refractivity contribution < 1.29 is 33.1 Å². The molecule has 1 N–H and O–H groups in total. The van der Waals surface area contributed by atoms with Crippen molar-refractivity contribution in [3.05, 3.63) is 86.9 Å². The van der Waals surface area contributed by atoms with E-state index in [1.54, 1.807) is 18.2 Å². The number of Topliss-reactive ketones (excluding diaryl/α,β-unsaturated/α-hetero) is 2. The van der Waals surface area contributed by atoms with Crippen LogP contribution in [0.1, 0.15) is 134 Å². The third-order valence-corrected chi connectivity index (χ3v) is 15.5. The smallest absolute Gasteiger partial charge is 0.256 e. The van der Waals surface area contributed by atoms with Gasteiger partial charge in [-0.1, -0.05) is 45.2 Å². The van der Waals surface area contributed by atoms with E-state index < -0.39 is 23.4 Å². The maximum atomic E-state index is 15.7. The lowest BCUT2D eigenvalue weighted by atomic mass is 9.49. The number of hydrogen-bond donors (Lipinski definition) is 1. The summed E-state index contributed by atoms with van der Waals surface area (Å²) in [6.45, 7) is 13.5. The summed E-state index contributed by atoms with van der Waals surface area (Å²) in [7, 11) is 0. The van der Waals surface area contributed by atoms with Gasteiger partial charge in [-0.3, -0.25) is 34.2 Å². The Morgan fingerprint density at radius 1 is 0.969 bits per heavy atom. The highest BCUT2D eigenvalue weighted by Gasteiger charge is 2.67. The number of benzene rings is 2. The number of rotatable bonds is 9. The van der Waals surface area contributed by atoms with E-state index in [4.69, 9.17) is 21.3 Å². The number of pyridine rings is 1. The summed E-state index contributed by atoms with van der Waals surface area (Å²) in [5.74, 6) is 4.67. The standard InChI is InChI=1S/C51H54ClFN6O6/c1-29(60)37-23-42(40(53)22-38(37)43(61)20-31-10-17-44(62)56-45(31)63)58-27-51(28-58)18-19-57(26-51)34-13-7-30(8-14-34)6-11-33-12-16-36-41(55-33)25-59(46(36)64)47-49(2,3)48(50(47,4)5)65-35-15-9-32(24-54)39(52)21-35/h9,12,15-16,21-23,30-31,34,47-48H,7-8,10,13-14,17-20,25-28H2,1-5H3,(H,56,62,63). The van der Waals surface area contributed by atoms with E-state index in [1.165, 1.54) is 13.0 Å². The van der Waals surface area contributed by atoms with Crippen LogP contribution in [0.3, 0.4) is 0 Å². The van der Waals surface area contributed by atoms with Crippen molar-refractivity contribution in [1.82, 2.24) is 20.1 Å². The number of aromatic nitrogens is 1. The zero-order valence-corrected chi connectivity index (χ0v) is 38.3. The van der Waals surface area contributed by atoms with Gasteiger partial charge in [0.1, 0.15) is 29.4 Å². The first-order valence-electron chi connectivity index (χ1n) is 22.8. The summed E-state index contributed by atoms with van der Waals surface area (Å²) in [6, 6.07) is 13.9. The number of ether oxygens (including phenoxy) is 1.